The molecular weight excluding hydrogens is 462 g/mol. The number of carbonyl (C=O) groups is 2. The monoisotopic (exact) mass is 505 g/mol. The van der Waals surface area contributed by atoms with Gasteiger partial charge in [0.2, 0.25) is 0 Å². The van der Waals surface area contributed by atoms with E-state index in [0.717, 1.165) is 32.2 Å². The molecule has 0 atom stereocenters. The molecule has 200 valence electrons. The van der Waals surface area contributed by atoms with Crippen LogP contribution in [0.5, 0.6) is 0 Å². The molecule has 0 aliphatic carbocycles. The standard InChI is InChI=1S/C32H43NO4/c1-4-7-13-29-30(27-23-26(32(35)36)18-19-28(27)37-29)31(34)25-16-14-24(15-17-25)12-10-11-22-33(20-8-5-2)21-9-6-3/h14-19,23H,4-13,20-22H2,1-3H3,(H,35,36). The molecular formula is C32H43NO4. The average Bonchev–Trinajstić information content (AvgIpc) is 3.28. The van der Waals surface area contributed by atoms with Gasteiger partial charge >= 0.3 is 5.97 Å². The Morgan fingerprint density at radius 2 is 1.38 bits per heavy atom. The van der Waals surface area contributed by atoms with E-state index in [1.165, 1.54) is 56.8 Å². The van der Waals surface area contributed by atoms with Gasteiger partial charge in [0.05, 0.1) is 11.1 Å². The van der Waals surface area contributed by atoms with Crippen molar-refractivity contribution in [2.24, 2.45) is 0 Å². The summed E-state index contributed by atoms with van der Waals surface area (Å²) in [5.74, 6) is -0.481. The predicted octanol–water partition coefficient (Wildman–Crippen LogP) is 7.93. The lowest BCUT2D eigenvalue weighted by molar-refractivity contribution is 0.0696. The molecule has 0 saturated carbocycles. The fraction of sp³-hybridized carbons (Fsp3) is 0.500. The number of nitrogens with zero attached hydrogens (tertiary/aromatic N) is 1. The Balaban J connectivity index is 1.68. The number of rotatable bonds is 17. The second-order valence-corrected chi connectivity index (χ2v) is 10.1. The summed E-state index contributed by atoms with van der Waals surface area (Å²) in [6.07, 6.45) is 10.9. The molecule has 0 amide bonds. The van der Waals surface area contributed by atoms with Gasteiger partial charge in [-0.25, -0.2) is 4.79 Å². The fourth-order valence-electron chi connectivity index (χ4n) is 4.77. The van der Waals surface area contributed by atoms with Gasteiger partial charge in [-0.05, 0) is 81.9 Å². The molecule has 1 heterocycles. The molecule has 0 radical (unpaired) electrons. The molecule has 1 N–H and O–H groups in total. The Morgan fingerprint density at radius 3 is 2.00 bits per heavy atom. The third kappa shape index (κ3) is 8.03. The van der Waals surface area contributed by atoms with E-state index in [0.29, 0.717) is 34.3 Å². The number of benzene rings is 2. The highest BCUT2D eigenvalue weighted by molar-refractivity contribution is 6.17. The molecule has 2 aromatic carbocycles. The van der Waals surface area contributed by atoms with Crippen LogP contribution in [-0.2, 0) is 12.8 Å². The van der Waals surface area contributed by atoms with E-state index < -0.39 is 5.97 Å². The number of aryl methyl sites for hydroxylation is 2. The first-order chi connectivity index (χ1) is 18.0. The van der Waals surface area contributed by atoms with E-state index in [4.69, 9.17) is 4.42 Å². The van der Waals surface area contributed by atoms with Gasteiger partial charge in [-0.3, -0.25) is 4.79 Å². The van der Waals surface area contributed by atoms with Crippen LogP contribution in [0.25, 0.3) is 11.0 Å². The minimum atomic E-state index is -1.01. The van der Waals surface area contributed by atoms with Gasteiger partial charge in [0, 0.05) is 17.4 Å². The molecule has 0 aliphatic heterocycles. The van der Waals surface area contributed by atoms with Crippen molar-refractivity contribution < 1.29 is 19.1 Å². The summed E-state index contributed by atoms with van der Waals surface area (Å²) in [5, 5.41) is 10.0. The lowest BCUT2D eigenvalue weighted by Gasteiger charge is -2.21. The Kier molecular flexibility index (Phi) is 11.4. The van der Waals surface area contributed by atoms with Crippen molar-refractivity contribution in [1.82, 2.24) is 4.90 Å². The van der Waals surface area contributed by atoms with Crippen LogP contribution in [0.3, 0.4) is 0 Å². The van der Waals surface area contributed by atoms with Gasteiger partial charge in [0.15, 0.2) is 5.78 Å². The van der Waals surface area contributed by atoms with Crippen LogP contribution < -0.4 is 0 Å². The topological polar surface area (TPSA) is 70.7 Å². The van der Waals surface area contributed by atoms with Gasteiger partial charge in [-0.1, -0.05) is 64.3 Å². The number of ketones is 1. The SMILES string of the molecule is CCCCc1oc2ccc(C(=O)O)cc2c1C(=O)c1ccc(CCCCN(CCCC)CCCC)cc1. The van der Waals surface area contributed by atoms with Gasteiger partial charge in [-0.15, -0.1) is 0 Å². The highest BCUT2D eigenvalue weighted by Crippen LogP contribution is 2.30. The zero-order valence-corrected chi connectivity index (χ0v) is 22.9. The summed E-state index contributed by atoms with van der Waals surface area (Å²) in [6.45, 7) is 10.2. The Hall–Kier alpha value is -2.92. The van der Waals surface area contributed by atoms with Crippen molar-refractivity contribution in [3.8, 4) is 0 Å². The summed E-state index contributed by atoms with van der Waals surface area (Å²) in [4.78, 5) is 27.7. The third-order valence-corrected chi connectivity index (χ3v) is 7.05. The van der Waals surface area contributed by atoms with Gasteiger partial charge < -0.3 is 14.4 Å². The first kappa shape index (κ1) is 28.6. The van der Waals surface area contributed by atoms with Crippen LogP contribution in [0.15, 0.2) is 46.9 Å². The minimum absolute atomic E-state index is 0.110. The van der Waals surface area contributed by atoms with Gasteiger partial charge in [0.1, 0.15) is 11.3 Å². The summed E-state index contributed by atoms with van der Waals surface area (Å²) in [7, 11) is 0. The molecule has 0 spiro atoms. The first-order valence-corrected chi connectivity index (χ1v) is 14.1. The van der Waals surface area contributed by atoms with Crippen LogP contribution in [0, 0.1) is 0 Å². The molecule has 5 nitrogen and oxygen atoms in total. The van der Waals surface area contributed by atoms with E-state index in [9.17, 15) is 14.7 Å². The van der Waals surface area contributed by atoms with Gasteiger partial charge in [0.25, 0.3) is 0 Å². The second-order valence-electron chi connectivity index (χ2n) is 10.1. The maximum atomic E-state index is 13.6. The molecule has 0 unspecified atom stereocenters. The molecule has 3 rings (SSSR count). The van der Waals surface area contributed by atoms with E-state index in [1.807, 2.05) is 12.1 Å². The maximum absolute atomic E-state index is 13.6. The van der Waals surface area contributed by atoms with Crippen molar-refractivity contribution >= 4 is 22.7 Å². The van der Waals surface area contributed by atoms with E-state index >= 15 is 0 Å². The summed E-state index contributed by atoms with van der Waals surface area (Å²) in [6, 6.07) is 12.6. The van der Waals surface area contributed by atoms with Crippen molar-refractivity contribution in [2.45, 2.75) is 85.0 Å². The number of carboxylic acids is 1. The highest BCUT2D eigenvalue weighted by Gasteiger charge is 2.23. The number of unbranched alkanes of at least 4 members (excludes halogenated alkanes) is 4. The van der Waals surface area contributed by atoms with E-state index in [-0.39, 0.29) is 11.3 Å². The van der Waals surface area contributed by atoms with Crippen molar-refractivity contribution in [3.05, 3.63) is 70.5 Å². The predicted molar refractivity (Wildman–Crippen MR) is 151 cm³/mol. The second kappa shape index (κ2) is 14.7. The molecule has 1 aromatic heterocycles. The highest BCUT2D eigenvalue weighted by atomic mass is 16.4. The number of carbonyl (C=O) groups excluding carboxylic acids is 1. The summed E-state index contributed by atoms with van der Waals surface area (Å²) >= 11 is 0. The average molecular weight is 506 g/mol. The van der Waals surface area contributed by atoms with Crippen LogP contribution in [0.2, 0.25) is 0 Å². The van der Waals surface area contributed by atoms with Gasteiger partial charge in [-0.2, -0.15) is 0 Å². The van der Waals surface area contributed by atoms with Crippen LogP contribution >= 0.6 is 0 Å². The van der Waals surface area contributed by atoms with Crippen LogP contribution in [-0.4, -0.2) is 41.4 Å². The van der Waals surface area contributed by atoms with Crippen molar-refractivity contribution in [2.75, 3.05) is 19.6 Å². The summed E-state index contributed by atoms with van der Waals surface area (Å²) < 4.78 is 6.02. The number of carboxylic acid groups (broad SMARTS) is 1. The lowest BCUT2D eigenvalue weighted by Crippen LogP contribution is -2.27. The molecule has 5 heteroatoms. The smallest absolute Gasteiger partial charge is 0.335 e. The lowest BCUT2D eigenvalue weighted by atomic mass is 9.96. The Bertz CT molecular complexity index is 1140. The van der Waals surface area contributed by atoms with Crippen molar-refractivity contribution in [3.63, 3.8) is 0 Å². The van der Waals surface area contributed by atoms with E-state index in [1.54, 1.807) is 12.1 Å². The molecule has 0 aliphatic rings. The largest absolute Gasteiger partial charge is 0.478 e. The molecule has 0 bridgehead atoms. The normalized spacial score (nSPS) is 11.5. The quantitative estimate of drug-likeness (QED) is 0.149. The third-order valence-electron chi connectivity index (χ3n) is 7.05. The molecule has 0 fully saturated rings. The zero-order chi connectivity index (χ0) is 26.6. The molecule has 0 saturated heterocycles. The Labute approximate surface area is 221 Å². The minimum Gasteiger partial charge on any atom is -0.478 e. The summed E-state index contributed by atoms with van der Waals surface area (Å²) in [5.41, 5.74) is 3.06. The number of fused-ring (bicyclic) bond motifs is 1. The number of aromatic carboxylic acids is 1. The number of furan rings is 1. The maximum Gasteiger partial charge on any atom is 0.335 e. The first-order valence-electron chi connectivity index (χ1n) is 14.1. The Morgan fingerprint density at radius 1 is 0.757 bits per heavy atom. The van der Waals surface area contributed by atoms with Crippen LogP contribution in [0.1, 0.15) is 110 Å². The van der Waals surface area contributed by atoms with E-state index in [2.05, 4.69) is 37.8 Å². The molecule has 37 heavy (non-hydrogen) atoms. The number of hydrogen-bond donors (Lipinski definition) is 1. The van der Waals surface area contributed by atoms with Crippen molar-refractivity contribution in [1.29, 1.82) is 0 Å². The number of hydrogen-bond acceptors (Lipinski definition) is 4. The van der Waals surface area contributed by atoms with Crippen LogP contribution in [0.4, 0.5) is 0 Å². The molecule has 3 aromatic rings. The zero-order valence-electron chi connectivity index (χ0n) is 22.9. The fourth-order valence-corrected chi connectivity index (χ4v) is 4.77.